The first-order valence-corrected chi connectivity index (χ1v) is 6.77. The van der Waals surface area contributed by atoms with E-state index in [1.54, 1.807) is 0 Å². The Hall–Kier alpha value is -0.610. The zero-order valence-corrected chi connectivity index (χ0v) is 11.1. The number of ether oxygens (including phenoxy) is 1. The van der Waals surface area contributed by atoms with Crippen LogP contribution in [0.25, 0.3) is 0 Å². The standard InChI is InChI=1S/C13H26N2O2/c1-11(2)9-15-13(16)10-14-7-3-5-12-6-4-8-17-12/h11-12,14H,3-10H2,1-2H3,(H,15,16). The minimum absolute atomic E-state index is 0.0933. The molecule has 1 saturated heterocycles. The molecule has 1 amide bonds. The molecule has 0 aromatic rings. The summed E-state index contributed by atoms with van der Waals surface area (Å²) >= 11 is 0. The van der Waals surface area contributed by atoms with E-state index in [0.29, 0.717) is 18.6 Å². The molecule has 4 heteroatoms. The van der Waals surface area contributed by atoms with E-state index in [0.717, 1.165) is 32.5 Å². The van der Waals surface area contributed by atoms with Gasteiger partial charge in [-0.05, 0) is 38.1 Å². The third-order valence-electron chi connectivity index (χ3n) is 2.90. The van der Waals surface area contributed by atoms with Crippen molar-refractivity contribution in [1.82, 2.24) is 10.6 Å². The summed E-state index contributed by atoms with van der Waals surface area (Å²) in [5.41, 5.74) is 0. The molecule has 0 aliphatic carbocycles. The molecule has 0 bridgehead atoms. The van der Waals surface area contributed by atoms with Crippen molar-refractivity contribution in [2.24, 2.45) is 5.92 Å². The SMILES string of the molecule is CC(C)CNC(=O)CNCCCC1CCCO1. The van der Waals surface area contributed by atoms with Gasteiger partial charge in [-0.2, -0.15) is 0 Å². The van der Waals surface area contributed by atoms with Gasteiger partial charge in [-0.15, -0.1) is 0 Å². The number of nitrogens with one attached hydrogen (secondary N) is 2. The number of rotatable bonds is 8. The molecule has 0 radical (unpaired) electrons. The first-order chi connectivity index (χ1) is 8.18. The maximum absolute atomic E-state index is 11.4. The summed E-state index contributed by atoms with van der Waals surface area (Å²) in [6.45, 7) is 7.20. The van der Waals surface area contributed by atoms with Gasteiger partial charge in [0.15, 0.2) is 0 Å². The van der Waals surface area contributed by atoms with Crippen molar-refractivity contribution in [2.45, 2.75) is 45.6 Å². The Morgan fingerprint density at radius 3 is 2.94 bits per heavy atom. The Kier molecular flexibility index (Phi) is 7.21. The second-order valence-electron chi connectivity index (χ2n) is 5.15. The molecule has 0 aromatic heterocycles. The normalized spacial score (nSPS) is 19.8. The van der Waals surface area contributed by atoms with Crippen LogP contribution in [0.15, 0.2) is 0 Å². The molecular weight excluding hydrogens is 216 g/mol. The van der Waals surface area contributed by atoms with Crippen molar-refractivity contribution in [3.63, 3.8) is 0 Å². The molecule has 1 fully saturated rings. The molecule has 1 unspecified atom stereocenters. The predicted octanol–water partition coefficient (Wildman–Crippen LogP) is 1.31. The first-order valence-electron chi connectivity index (χ1n) is 6.77. The lowest BCUT2D eigenvalue weighted by Crippen LogP contribution is -2.36. The van der Waals surface area contributed by atoms with Crippen LogP contribution < -0.4 is 10.6 Å². The molecule has 1 aliphatic rings. The zero-order valence-electron chi connectivity index (χ0n) is 11.1. The largest absolute Gasteiger partial charge is 0.378 e. The van der Waals surface area contributed by atoms with E-state index in [4.69, 9.17) is 4.74 Å². The van der Waals surface area contributed by atoms with Crippen LogP contribution in [0.3, 0.4) is 0 Å². The van der Waals surface area contributed by atoms with Gasteiger partial charge in [0.05, 0.1) is 12.6 Å². The highest BCUT2D eigenvalue weighted by molar-refractivity contribution is 5.77. The van der Waals surface area contributed by atoms with E-state index >= 15 is 0 Å². The van der Waals surface area contributed by atoms with E-state index in [2.05, 4.69) is 24.5 Å². The number of hydrogen-bond acceptors (Lipinski definition) is 3. The van der Waals surface area contributed by atoms with Crippen LogP contribution in [0.2, 0.25) is 0 Å². The first kappa shape index (κ1) is 14.5. The summed E-state index contributed by atoms with van der Waals surface area (Å²) in [4.78, 5) is 11.4. The van der Waals surface area contributed by atoms with Crippen molar-refractivity contribution < 1.29 is 9.53 Å². The minimum Gasteiger partial charge on any atom is -0.378 e. The van der Waals surface area contributed by atoms with Crippen LogP contribution in [-0.4, -0.2) is 38.3 Å². The van der Waals surface area contributed by atoms with Gasteiger partial charge < -0.3 is 15.4 Å². The molecular formula is C13H26N2O2. The lowest BCUT2D eigenvalue weighted by Gasteiger charge is -2.10. The van der Waals surface area contributed by atoms with Gasteiger partial charge >= 0.3 is 0 Å². The van der Waals surface area contributed by atoms with Gasteiger partial charge in [-0.3, -0.25) is 4.79 Å². The highest BCUT2D eigenvalue weighted by atomic mass is 16.5. The summed E-state index contributed by atoms with van der Waals surface area (Å²) in [6.07, 6.45) is 5.07. The maximum atomic E-state index is 11.4. The van der Waals surface area contributed by atoms with E-state index in [-0.39, 0.29) is 5.91 Å². The third-order valence-corrected chi connectivity index (χ3v) is 2.90. The van der Waals surface area contributed by atoms with E-state index in [1.165, 1.54) is 12.8 Å². The summed E-state index contributed by atoms with van der Waals surface area (Å²) in [7, 11) is 0. The number of carbonyl (C=O) groups excluding carboxylic acids is 1. The average Bonchev–Trinajstić information content (AvgIpc) is 2.79. The van der Waals surface area contributed by atoms with E-state index in [1.807, 2.05) is 0 Å². The summed E-state index contributed by atoms with van der Waals surface area (Å²) in [5.74, 6) is 0.606. The molecule has 1 aliphatic heterocycles. The second-order valence-corrected chi connectivity index (χ2v) is 5.15. The van der Waals surface area contributed by atoms with Gasteiger partial charge in [0.1, 0.15) is 0 Å². The lowest BCUT2D eigenvalue weighted by molar-refractivity contribution is -0.120. The monoisotopic (exact) mass is 242 g/mol. The van der Waals surface area contributed by atoms with Crippen LogP contribution in [0.4, 0.5) is 0 Å². The van der Waals surface area contributed by atoms with E-state index in [9.17, 15) is 4.79 Å². The average molecular weight is 242 g/mol. The molecule has 2 N–H and O–H groups in total. The van der Waals surface area contributed by atoms with Gasteiger partial charge in [-0.25, -0.2) is 0 Å². The predicted molar refractivity (Wildman–Crippen MR) is 68.9 cm³/mol. The molecule has 100 valence electrons. The summed E-state index contributed by atoms with van der Waals surface area (Å²) in [5, 5.41) is 6.05. The van der Waals surface area contributed by atoms with Crippen LogP contribution in [0.1, 0.15) is 39.5 Å². The van der Waals surface area contributed by atoms with Crippen molar-refractivity contribution in [1.29, 1.82) is 0 Å². The quantitative estimate of drug-likeness (QED) is 0.631. The fourth-order valence-electron chi connectivity index (χ4n) is 1.91. The highest BCUT2D eigenvalue weighted by Gasteiger charge is 2.14. The second kappa shape index (κ2) is 8.48. The van der Waals surface area contributed by atoms with Crippen molar-refractivity contribution >= 4 is 5.91 Å². The van der Waals surface area contributed by atoms with Gasteiger partial charge in [-0.1, -0.05) is 13.8 Å². The molecule has 1 rings (SSSR count). The van der Waals surface area contributed by atoms with E-state index < -0.39 is 0 Å². The third kappa shape index (κ3) is 7.34. The fourth-order valence-corrected chi connectivity index (χ4v) is 1.91. The molecule has 17 heavy (non-hydrogen) atoms. The molecule has 4 nitrogen and oxygen atoms in total. The topological polar surface area (TPSA) is 50.4 Å². The van der Waals surface area contributed by atoms with Gasteiger partial charge in [0.2, 0.25) is 5.91 Å². The molecule has 0 saturated carbocycles. The number of carbonyl (C=O) groups is 1. The smallest absolute Gasteiger partial charge is 0.233 e. The Balaban J connectivity index is 1.87. The van der Waals surface area contributed by atoms with Crippen LogP contribution >= 0.6 is 0 Å². The molecule has 1 heterocycles. The Morgan fingerprint density at radius 1 is 1.47 bits per heavy atom. The van der Waals surface area contributed by atoms with Crippen molar-refractivity contribution in [3.8, 4) is 0 Å². The Morgan fingerprint density at radius 2 is 2.29 bits per heavy atom. The Labute approximate surface area is 104 Å². The minimum atomic E-state index is 0.0933. The summed E-state index contributed by atoms with van der Waals surface area (Å²) in [6, 6.07) is 0. The lowest BCUT2D eigenvalue weighted by atomic mass is 10.1. The number of hydrogen-bond donors (Lipinski definition) is 2. The Bertz CT molecular complexity index is 213. The number of amides is 1. The van der Waals surface area contributed by atoms with Gasteiger partial charge in [0.25, 0.3) is 0 Å². The van der Waals surface area contributed by atoms with Crippen molar-refractivity contribution in [3.05, 3.63) is 0 Å². The van der Waals surface area contributed by atoms with Gasteiger partial charge in [0, 0.05) is 13.2 Å². The highest BCUT2D eigenvalue weighted by Crippen LogP contribution is 2.16. The zero-order chi connectivity index (χ0) is 12.5. The molecule has 1 atom stereocenters. The van der Waals surface area contributed by atoms with Crippen LogP contribution in [0, 0.1) is 5.92 Å². The fraction of sp³-hybridized carbons (Fsp3) is 0.923. The maximum Gasteiger partial charge on any atom is 0.233 e. The summed E-state index contributed by atoms with van der Waals surface area (Å²) < 4.78 is 5.54. The van der Waals surface area contributed by atoms with Crippen molar-refractivity contribution in [2.75, 3.05) is 26.2 Å². The molecule has 0 spiro atoms. The van der Waals surface area contributed by atoms with Crippen LogP contribution in [-0.2, 0) is 9.53 Å². The molecule has 0 aromatic carbocycles. The van der Waals surface area contributed by atoms with Crippen LogP contribution in [0.5, 0.6) is 0 Å².